The summed E-state index contributed by atoms with van der Waals surface area (Å²) >= 11 is 0. The summed E-state index contributed by atoms with van der Waals surface area (Å²) in [5.41, 5.74) is 5.14. The molecule has 3 aromatic rings. The molecule has 148 valence electrons. The Morgan fingerprint density at radius 2 is 1.68 bits per heavy atom. The van der Waals surface area contributed by atoms with Crippen LogP contribution in [0.2, 0.25) is 0 Å². The third-order valence-corrected chi connectivity index (χ3v) is 4.83. The summed E-state index contributed by atoms with van der Waals surface area (Å²) in [6.07, 6.45) is 0.319. The number of amides is 1. The van der Waals surface area contributed by atoms with Crippen LogP contribution in [0.25, 0.3) is 10.9 Å². The first-order chi connectivity index (χ1) is 13.5. The van der Waals surface area contributed by atoms with Crippen LogP contribution in [-0.2, 0) is 17.8 Å². The van der Waals surface area contributed by atoms with Crippen LogP contribution in [0.15, 0.2) is 30.3 Å². The largest absolute Gasteiger partial charge is 0.493 e. The standard InChI is InChI=1S/C22H26N2O4/c1-13-6-7-18-17(8-13)16(14(2)24-18)11-21(25)23-12-15-9-19(26-3)22(28-5)20(10-15)27-4/h6-10,24H,11-12H2,1-5H3,(H,23,25). The number of rotatable bonds is 7. The molecule has 1 aromatic heterocycles. The van der Waals surface area contributed by atoms with Crippen LogP contribution >= 0.6 is 0 Å². The van der Waals surface area contributed by atoms with E-state index < -0.39 is 0 Å². The predicted molar refractivity (Wildman–Crippen MR) is 109 cm³/mol. The van der Waals surface area contributed by atoms with Crippen molar-refractivity contribution in [1.82, 2.24) is 10.3 Å². The van der Waals surface area contributed by atoms with E-state index in [0.29, 0.717) is 30.2 Å². The molecule has 0 saturated heterocycles. The minimum absolute atomic E-state index is 0.0424. The zero-order valence-electron chi connectivity index (χ0n) is 16.9. The number of aromatic amines is 1. The van der Waals surface area contributed by atoms with Gasteiger partial charge in [-0.2, -0.15) is 0 Å². The summed E-state index contributed by atoms with van der Waals surface area (Å²) in [6, 6.07) is 9.89. The number of aryl methyl sites for hydroxylation is 2. The van der Waals surface area contributed by atoms with Gasteiger partial charge in [0.05, 0.1) is 27.8 Å². The summed E-state index contributed by atoms with van der Waals surface area (Å²) in [7, 11) is 4.70. The maximum atomic E-state index is 12.6. The van der Waals surface area contributed by atoms with Gasteiger partial charge in [-0.1, -0.05) is 11.6 Å². The SMILES string of the molecule is COc1cc(CNC(=O)Cc2c(C)[nH]c3ccc(C)cc23)cc(OC)c1OC. The van der Waals surface area contributed by atoms with Crippen molar-refractivity contribution in [3.63, 3.8) is 0 Å². The average Bonchev–Trinajstić information content (AvgIpc) is 3.00. The second-order valence-corrected chi connectivity index (χ2v) is 6.76. The average molecular weight is 382 g/mol. The Kier molecular flexibility index (Phi) is 5.78. The van der Waals surface area contributed by atoms with E-state index in [1.165, 1.54) is 5.56 Å². The van der Waals surface area contributed by atoms with E-state index in [1.807, 2.05) is 19.1 Å². The van der Waals surface area contributed by atoms with Crippen molar-refractivity contribution in [2.75, 3.05) is 21.3 Å². The Hall–Kier alpha value is -3.15. The van der Waals surface area contributed by atoms with Crippen molar-refractivity contribution in [3.8, 4) is 17.2 Å². The fraction of sp³-hybridized carbons (Fsp3) is 0.318. The van der Waals surface area contributed by atoms with E-state index >= 15 is 0 Å². The molecule has 0 aliphatic rings. The van der Waals surface area contributed by atoms with E-state index in [4.69, 9.17) is 14.2 Å². The normalized spacial score (nSPS) is 10.8. The molecule has 6 nitrogen and oxygen atoms in total. The van der Waals surface area contributed by atoms with E-state index in [-0.39, 0.29) is 5.91 Å². The van der Waals surface area contributed by atoms with Gasteiger partial charge in [0.2, 0.25) is 11.7 Å². The highest BCUT2D eigenvalue weighted by Gasteiger charge is 2.15. The van der Waals surface area contributed by atoms with Crippen molar-refractivity contribution < 1.29 is 19.0 Å². The lowest BCUT2D eigenvalue weighted by molar-refractivity contribution is -0.120. The Morgan fingerprint density at radius 1 is 1.00 bits per heavy atom. The van der Waals surface area contributed by atoms with Crippen LogP contribution < -0.4 is 19.5 Å². The third-order valence-electron chi connectivity index (χ3n) is 4.83. The first kappa shape index (κ1) is 19.6. The number of aromatic nitrogens is 1. The molecule has 0 aliphatic carbocycles. The summed E-state index contributed by atoms with van der Waals surface area (Å²) in [5.74, 6) is 1.62. The number of hydrogen-bond donors (Lipinski definition) is 2. The van der Waals surface area contributed by atoms with E-state index in [0.717, 1.165) is 27.7 Å². The molecule has 0 aliphatic heterocycles. The molecule has 1 heterocycles. The van der Waals surface area contributed by atoms with Crippen LogP contribution in [-0.4, -0.2) is 32.2 Å². The second kappa shape index (κ2) is 8.25. The predicted octanol–water partition coefficient (Wildman–Crippen LogP) is 3.67. The van der Waals surface area contributed by atoms with Crippen LogP contribution in [0.4, 0.5) is 0 Å². The van der Waals surface area contributed by atoms with Gasteiger partial charge >= 0.3 is 0 Å². The maximum Gasteiger partial charge on any atom is 0.224 e. The Morgan fingerprint density at radius 3 is 2.29 bits per heavy atom. The van der Waals surface area contributed by atoms with Crippen LogP contribution in [0, 0.1) is 13.8 Å². The van der Waals surface area contributed by atoms with Crippen LogP contribution in [0.5, 0.6) is 17.2 Å². The molecule has 0 bridgehead atoms. The third kappa shape index (κ3) is 3.91. The zero-order valence-corrected chi connectivity index (χ0v) is 16.9. The van der Waals surface area contributed by atoms with Crippen molar-refractivity contribution in [3.05, 3.63) is 52.7 Å². The number of hydrogen-bond acceptors (Lipinski definition) is 4. The molecule has 28 heavy (non-hydrogen) atoms. The highest BCUT2D eigenvalue weighted by atomic mass is 16.5. The molecule has 0 spiro atoms. The fourth-order valence-corrected chi connectivity index (χ4v) is 3.39. The number of nitrogens with one attached hydrogen (secondary N) is 2. The molecule has 0 radical (unpaired) electrons. The Bertz CT molecular complexity index is 982. The first-order valence-electron chi connectivity index (χ1n) is 9.10. The van der Waals surface area contributed by atoms with Gasteiger partial charge in [-0.25, -0.2) is 0 Å². The molecule has 0 fully saturated rings. The van der Waals surface area contributed by atoms with Gasteiger partial charge in [0.15, 0.2) is 11.5 Å². The van der Waals surface area contributed by atoms with Gasteiger partial charge < -0.3 is 24.5 Å². The Balaban J connectivity index is 1.75. The van der Waals surface area contributed by atoms with E-state index in [2.05, 4.69) is 35.4 Å². The number of carbonyl (C=O) groups is 1. The number of carbonyl (C=O) groups excluding carboxylic acids is 1. The smallest absolute Gasteiger partial charge is 0.224 e. The van der Waals surface area contributed by atoms with Gasteiger partial charge in [-0.05, 0) is 49.2 Å². The molecule has 2 aromatic carbocycles. The minimum Gasteiger partial charge on any atom is -0.493 e. The maximum absolute atomic E-state index is 12.6. The number of methoxy groups -OCH3 is 3. The molecule has 1 amide bonds. The molecule has 0 atom stereocenters. The van der Waals surface area contributed by atoms with Gasteiger partial charge in [-0.3, -0.25) is 4.79 Å². The van der Waals surface area contributed by atoms with Crippen molar-refractivity contribution in [1.29, 1.82) is 0 Å². The molecule has 0 unspecified atom stereocenters. The van der Waals surface area contributed by atoms with Crippen LogP contribution in [0.3, 0.4) is 0 Å². The highest BCUT2D eigenvalue weighted by Crippen LogP contribution is 2.38. The van der Waals surface area contributed by atoms with E-state index in [9.17, 15) is 4.79 Å². The number of benzene rings is 2. The fourth-order valence-electron chi connectivity index (χ4n) is 3.39. The first-order valence-corrected chi connectivity index (χ1v) is 9.10. The number of fused-ring (bicyclic) bond motifs is 1. The molecule has 6 heteroatoms. The van der Waals surface area contributed by atoms with Crippen molar-refractivity contribution in [2.45, 2.75) is 26.8 Å². The van der Waals surface area contributed by atoms with Gasteiger partial charge in [0, 0.05) is 23.1 Å². The summed E-state index contributed by atoms with van der Waals surface area (Å²) < 4.78 is 16.1. The quantitative estimate of drug-likeness (QED) is 0.654. The Labute approximate surface area is 164 Å². The van der Waals surface area contributed by atoms with Crippen LogP contribution in [0.1, 0.15) is 22.4 Å². The van der Waals surface area contributed by atoms with E-state index in [1.54, 1.807) is 21.3 Å². The lowest BCUT2D eigenvalue weighted by Crippen LogP contribution is -2.24. The summed E-state index contributed by atoms with van der Waals surface area (Å²) in [5, 5.41) is 4.08. The highest BCUT2D eigenvalue weighted by molar-refractivity contribution is 5.90. The van der Waals surface area contributed by atoms with Gasteiger partial charge in [0.1, 0.15) is 0 Å². The van der Waals surface area contributed by atoms with Crippen molar-refractivity contribution in [2.24, 2.45) is 0 Å². The molecule has 3 rings (SSSR count). The minimum atomic E-state index is -0.0424. The number of ether oxygens (including phenoxy) is 3. The molecular formula is C22H26N2O4. The molecular weight excluding hydrogens is 356 g/mol. The van der Waals surface area contributed by atoms with Crippen molar-refractivity contribution >= 4 is 16.8 Å². The topological polar surface area (TPSA) is 72.6 Å². The number of H-pyrrole nitrogens is 1. The summed E-state index contributed by atoms with van der Waals surface area (Å²) in [6.45, 7) is 4.42. The van der Waals surface area contributed by atoms with Gasteiger partial charge in [0.25, 0.3) is 0 Å². The monoisotopic (exact) mass is 382 g/mol. The lowest BCUT2D eigenvalue weighted by atomic mass is 10.1. The second-order valence-electron chi connectivity index (χ2n) is 6.76. The summed E-state index contributed by atoms with van der Waals surface area (Å²) in [4.78, 5) is 15.9. The molecule has 2 N–H and O–H groups in total. The lowest BCUT2D eigenvalue weighted by Gasteiger charge is -2.14. The van der Waals surface area contributed by atoms with Gasteiger partial charge in [-0.15, -0.1) is 0 Å². The zero-order chi connectivity index (χ0) is 20.3. The molecule has 0 saturated carbocycles.